The van der Waals surface area contributed by atoms with Gasteiger partial charge in [-0.15, -0.1) is 4.83 Å². The van der Waals surface area contributed by atoms with Gasteiger partial charge in [0.25, 0.3) is 10.0 Å². The van der Waals surface area contributed by atoms with Crippen molar-refractivity contribution < 1.29 is 22.7 Å². The average Bonchev–Trinajstić information content (AvgIpc) is 2.61. The number of aryl methyl sites for hydroxylation is 1. The van der Waals surface area contributed by atoms with E-state index in [-0.39, 0.29) is 11.3 Å². The molecule has 0 spiro atoms. The second kappa shape index (κ2) is 8.68. The summed E-state index contributed by atoms with van der Waals surface area (Å²) in [6.07, 6.45) is -0.0172. The number of hydrazine groups is 1. The van der Waals surface area contributed by atoms with Crippen LogP contribution >= 0.6 is 0 Å². The van der Waals surface area contributed by atoms with E-state index in [0.717, 1.165) is 5.56 Å². The van der Waals surface area contributed by atoms with Crippen LogP contribution in [0.1, 0.15) is 18.1 Å². The lowest BCUT2D eigenvalue weighted by atomic mass is 10.1. The van der Waals surface area contributed by atoms with Crippen molar-refractivity contribution >= 4 is 15.9 Å². The fraction of sp³-hybridized carbons (Fsp3) is 0.278. The van der Waals surface area contributed by atoms with Crippen LogP contribution in [0.3, 0.4) is 0 Å². The number of benzene rings is 2. The third-order valence-electron chi connectivity index (χ3n) is 3.56. The van der Waals surface area contributed by atoms with Crippen LogP contribution in [-0.4, -0.2) is 28.0 Å². The summed E-state index contributed by atoms with van der Waals surface area (Å²) in [6, 6.07) is 11.4. The molecule has 0 bridgehead atoms. The Hall–Kier alpha value is -2.58. The van der Waals surface area contributed by atoms with Crippen molar-refractivity contribution in [3.8, 4) is 11.5 Å². The first kappa shape index (κ1) is 19.7. The van der Waals surface area contributed by atoms with Gasteiger partial charge in [-0.1, -0.05) is 17.7 Å². The Morgan fingerprint density at radius 2 is 1.81 bits per heavy atom. The number of ether oxygens (including phenoxy) is 2. The highest BCUT2D eigenvalue weighted by Gasteiger charge is 2.16. The molecule has 0 heterocycles. The molecule has 0 fully saturated rings. The fourth-order valence-corrected chi connectivity index (χ4v) is 3.19. The van der Waals surface area contributed by atoms with E-state index in [2.05, 4.69) is 10.3 Å². The van der Waals surface area contributed by atoms with Crippen LogP contribution in [0.25, 0.3) is 0 Å². The predicted molar refractivity (Wildman–Crippen MR) is 97.5 cm³/mol. The van der Waals surface area contributed by atoms with Gasteiger partial charge in [0.05, 0.1) is 25.0 Å². The van der Waals surface area contributed by atoms with Crippen molar-refractivity contribution in [2.24, 2.45) is 0 Å². The van der Waals surface area contributed by atoms with Gasteiger partial charge in [-0.25, -0.2) is 8.42 Å². The first-order valence-corrected chi connectivity index (χ1v) is 9.51. The Bertz CT molecular complexity index is 864. The van der Waals surface area contributed by atoms with Gasteiger partial charge in [0.2, 0.25) is 5.91 Å². The lowest BCUT2D eigenvalue weighted by Crippen LogP contribution is -2.42. The van der Waals surface area contributed by atoms with E-state index in [0.29, 0.717) is 23.7 Å². The summed E-state index contributed by atoms with van der Waals surface area (Å²) < 4.78 is 35.0. The molecular formula is C18H22N2O5S. The molecule has 2 N–H and O–H groups in total. The molecule has 140 valence electrons. The molecule has 2 aromatic carbocycles. The standard InChI is InChI=1S/C18H22N2O5S/c1-4-25-15-6-8-16(9-7-15)26(22,23)20-19-18(21)12-14-11-13(2)5-10-17(14)24-3/h5-11,20H,4,12H2,1-3H3,(H,19,21). The number of carbonyl (C=O) groups excluding carboxylic acids is 1. The van der Waals surface area contributed by atoms with Crippen molar-refractivity contribution in [1.29, 1.82) is 0 Å². The summed E-state index contributed by atoms with van der Waals surface area (Å²) in [7, 11) is -2.36. The van der Waals surface area contributed by atoms with E-state index < -0.39 is 15.9 Å². The summed E-state index contributed by atoms with van der Waals surface area (Å²) >= 11 is 0. The van der Waals surface area contributed by atoms with Crippen LogP contribution in [-0.2, 0) is 21.2 Å². The minimum absolute atomic E-state index is 0.0172. The van der Waals surface area contributed by atoms with Crippen LogP contribution < -0.4 is 19.7 Å². The second-order valence-electron chi connectivity index (χ2n) is 5.55. The number of methoxy groups -OCH3 is 1. The lowest BCUT2D eigenvalue weighted by molar-refractivity contribution is -0.120. The Balaban J connectivity index is 2.00. The fourth-order valence-electron chi connectivity index (χ4n) is 2.33. The summed E-state index contributed by atoms with van der Waals surface area (Å²) in [5, 5.41) is 0. The topological polar surface area (TPSA) is 93.7 Å². The van der Waals surface area contributed by atoms with E-state index in [1.807, 2.05) is 26.0 Å². The minimum atomic E-state index is -3.87. The van der Waals surface area contributed by atoms with E-state index in [1.54, 1.807) is 18.2 Å². The van der Waals surface area contributed by atoms with Crippen LogP contribution in [0.2, 0.25) is 0 Å². The Labute approximate surface area is 153 Å². The van der Waals surface area contributed by atoms with Crippen molar-refractivity contribution in [2.75, 3.05) is 13.7 Å². The quantitative estimate of drug-likeness (QED) is 0.685. The third-order valence-corrected chi connectivity index (χ3v) is 4.82. The number of rotatable bonds is 8. The van der Waals surface area contributed by atoms with Gasteiger partial charge in [-0.05, 0) is 44.2 Å². The van der Waals surface area contributed by atoms with Gasteiger partial charge in [-0.3, -0.25) is 10.2 Å². The van der Waals surface area contributed by atoms with Crippen molar-refractivity contribution in [3.05, 3.63) is 53.6 Å². The number of hydrogen-bond acceptors (Lipinski definition) is 5. The molecule has 0 unspecified atom stereocenters. The molecule has 0 radical (unpaired) electrons. The van der Waals surface area contributed by atoms with Gasteiger partial charge in [0.15, 0.2) is 0 Å². The highest BCUT2D eigenvalue weighted by atomic mass is 32.2. The third kappa shape index (κ3) is 5.21. The van der Waals surface area contributed by atoms with Gasteiger partial charge < -0.3 is 9.47 Å². The normalized spacial score (nSPS) is 11.0. The molecule has 2 rings (SSSR count). The summed E-state index contributed by atoms with van der Waals surface area (Å²) in [4.78, 5) is 14.2. The van der Waals surface area contributed by atoms with E-state index in [9.17, 15) is 13.2 Å². The average molecular weight is 378 g/mol. The van der Waals surface area contributed by atoms with Crippen LogP contribution in [0.15, 0.2) is 47.4 Å². The second-order valence-corrected chi connectivity index (χ2v) is 7.23. The molecule has 0 aliphatic rings. The minimum Gasteiger partial charge on any atom is -0.496 e. The molecule has 0 aromatic heterocycles. The van der Waals surface area contributed by atoms with E-state index in [4.69, 9.17) is 9.47 Å². The monoisotopic (exact) mass is 378 g/mol. The number of hydrogen-bond donors (Lipinski definition) is 2. The lowest BCUT2D eigenvalue weighted by Gasteiger charge is -2.11. The molecule has 8 heteroatoms. The SMILES string of the molecule is CCOc1ccc(S(=O)(=O)NNC(=O)Cc2cc(C)ccc2OC)cc1. The van der Waals surface area contributed by atoms with Crippen molar-refractivity contribution in [1.82, 2.24) is 10.3 Å². The molecule has 26 heavy (non-hydrogen) atoms. The largest absolute Gasteiger partial charge is 0.496 e. The zero-order valence-electron chi connectivity index (χ0n) is 14.9. The highest BCUT2D eigenvalue weighted by molar-refractivity contribution is 7.89. The first-order valence-electron chi connectivity index (χ1n) is 8.02. The van der Waals surface area contributed by atoms with Crippen molar-refractivity contribution in [2.45, 2.75) is 25.2 Å². The van der Waals surface area contributed by atoms with Crippen LogP contribution in [0.4, 0.5) is 0 Å². The first-order chi connectivity index (χ1) is 12.4. The van der Waals surface area contributed by atoms with Crippen LogP contribution in [0.5, 0.6) is 11.5 Å². The molecule has 2 aromatic rings. The highest BCUT2D eigenvalue weighted by Crippen LogP contribution is 2.20. The maximum absolute atomic E-state index is 12.2. The van der Waals surface area contributed by atoms with Crippen molar-refractivity contribution in [3.63, 3.8) is 0 Å². The molecule has 0 aliphatic heterocycles. The van der Waals surface area contributed by atoms with E-state index in [1.165, 1.54) is 19.2 Å². The molecule has 0 atom stereocenters. The molecule has 0 aliphatic carbocycles. The molecule has 0 saturated carbocycles. The summed E-state index contributed by atoms with van der Waals surface area (Å²) in [5.41, 5.74) is 3.86. The molecule has 0 saturated heterocycles. The molecular weight excluding hydrogens is 356 g/mol. The molecule has 7 nitrogen and oxygen atoms in total. The Kier molecular flexibility index (Phi) is 6.59. The van der Waals surface area contributed by atoms with Gasteiger partial charge in [-0.2, -0.15) is 0 Å². The zero-order valence-corrected chi connectivity index (χ0v) is 15.7. The Morgan fingerprint density at radius 1 is 1.12 bits per heavy atom. The number of carbonyl (C=O) groups is 1. The summed E-state index contributed by atoms with van der Waals surface area (Å²) in [6.45, 7) is 4.23. The van der Waals surface area contributed by atoms with Gasteiger partial charge in [0.1, 0.15) is 11.5 Å². The zero-order chi connectivity index (χ0) is 19.2. The number of amides is 1. The predicted octanol–water partition coefficient (Wildman–Crippen LogP) is 1.95. The summed E-state index contributed by atoms with van der Waals surface area (Å²) in [5.74, 6) is 0.644. The van der Waals surface area contributed by atoms with Gasteiger partial charge in [0, 0.05) is 5.56 Å². The maximum atomic E-state index is 12.2. The maximum Gasteiger partial charge on any atom is 0.257 e. The Morgan fingerprint density at radius 3 is 2.42 bits per heavy atom. The van der Waals surface area contributed by atoms with Gasteiger partial charge >= 0.3 is 0 Å². The number of nitrogens with one attached hydrogen (secondary N) is 2. The van der Waals surface area contributed by atoms with E-state index >= 15 is 0 Å². The number of sulfonamides is 1. The molecule has 1 amide bonds. The smallest absolute Gasteiger partial charge is 0.257 e. The van der Waals surface area contributed by atoms with Crippen LogP contribution in [0, 0.1) is 6.92 Å².